The molecule has 25 heavy (non-hydrogen) atoms. The van der Waals surface area contributed by atoms with Crippen molar-refractivity contribution in [2.75, 3.05) is 31.6 Å². The number of anilines is 1. The van der Waals surface area contributed by atoms with Crippen molar-refractivity contribution in [1.82, 2.24) is 14.7 Å². The molecule has 132 valence electrons. The average Bonchev–Trinajstić information content (AvgIpc) is 2.95. The molecule has 0 unspecified atom stereocenters. The van der Waals surface area contributed by atoms with Gasteiger partial charge in [-0.05, 0) is 31.5 Å². The molecular formula is C18H22N4O3. The number of hydrogen-bond donors (Lipinski definition) is 1. The van der Waals surface area contributed by atoms with Crippen LogP contribution in [0.3, 0.4) is 0 Å². The zero-order chi connectivity index (χ0) is 18.0. The summed E-state index contributed by atoms with van der Waals surface area (Å²) in [6.07, 6.45) is 1.68. The highest BCUT2D eigenvalue weighted by atomic mass is 16.5. The Morgan fingerprint density at radius 3 is 2.52 bits per heavy atom. The van der Waals surface area contributed by atoms with Crippen LogP contribution in [0.15, 0.2) is 24.4 Å². The van der Waals surface area contributed by atoms with Gasteiger partial charge in [-0.25, -0.2) is 0 Å². The van der Waals surface area contributed by atoms with Crippen LogP contribution < -0.4 is 5.32 Å². The fourth-order valence-electron chi connectivity index (χ4n) is 2.95. The van der Waals surface area contributed by atoms with E-state index in [1.165, 1.54) is 0 Å². The van der Waals surface area contributed by atoms with E-state index < -0.39 is 0 Å². The van der Waals surface area contributed by atoms with E-state index in [0.717, 1.165) is 5.56 Å². The molecular weight excluding hydrogens is 320 g/mol. The van der Waals surface area contributed by atoms with Crippen LogP contribution in [0, 0.1) is 13.8 Å². The van der Waals surface area contributed by atoms with Crippen LogP contribution in [-0.4, -0.2) is 52.8 Å². The van der Waals surface area contributed by atoms with Gasteiger partial charge in [-0.3, -0.25) is 14.3 Å². The molecule has 1 saturated heterocycles. The zero-order valence-corrected chi connectivity index (χ0v) is 14.7. The first-order valence-electron chi connectivity index (χ1n) is 8.25. The van der Waals surface area contributed by atoms with E-state index in [2.05, 4.69) is 10.4 Å². The lowest BCUT2D eigenvalue weighted by Gasteiger charge is -2.27. The molecule has 1 fully saturated rings. The average molecular weight is 342 g/mol. The normalized spacial score (nSPS) is 14.4. The number of benzene rings is 1. The van der Waals surface area contributed by atoms with E-state index in [0.29, 0.717) is 48.8 Å². The number of nitrogens with zero attached hydrogens (tertiary/aromatic N) is 3. The van der Waals surface area contributed by atoms with Crippen molar-refractivity contribution in [2.45, 2.75) is 13.8 Å². The van der Waals surface area contributed by atoms with Crippen LogP contribution in [0.2, 0.25) is 0 Å². The van der Waals surface area contributed by atoms with Gasteiger partial charge in [-0.2, -0.15) is 5.10 Å². The van der Waals surface area contributed by atoms with Crippen molar-refractivity contribution < 1.29 is 14.3 Å². The topological polar surface area (TPSA) is 76.5 Å². The smallest absolute Gasteiger partial charge is 0.259 e. The number of ether oxygens (including phenoxy) is 1. The summed E-state index contributed by atoms with van der Waals surface area (Å²) < 4.78 is 6.90. The molecule has 2 heterocycles. The summed E-state index contributed by atoms with van der Waals surface area (Å²) in [6.45, 7) is 5.93. The summed E-state index contributed by atoms with van der Waals surface area (Å²) in [5, 5.41) is 7.08. The molecule has 1 aliphatic heterocycles. The van der Waals surface area contributed by atoms with Gasteiger partial charge in [0.2, 0.25) is 0 Å². The molecule has 0 saturated carbocycles. The Labute approximate surface area is 146 Å². The number of hydrogen-bond acceptors (Lipinski definition) is 4. The zero-order valence-electron chi connectivity index (χ0n) is 14.7. The van der Waals surface area contributed by atoms with Gasteiger partial charge in [0.05, 0.1) is 24.5 Å². The van der Waals surface area contributed by atoms with E-state index >= 15 is 0 Å². The van der Waals surface area contributed by atoms with E-state index in [1.807, 2.05) is 6.92 Å². The lowest BCUT2D eigenvalue weighted by molar-refractivity contribution is 0.0302. The van der Waals surface area contributed by atoms with E-state index in [-0.39, 0.29) is 11.8 Å². The molecule has 2 aromatic rings. The highest BCUT2D eigenvalue weighted by Gasteiger charge is 2.22. The fraction of sp³-hybridized carbons (Fsp3) is 0.389. The molecule has 1 aromatic heterocycles. The standard InChI is InChI=1S/C18H22N4O3/c1-12-14(18(24)22-7-9-25-10-8-22)5-4-6-16(12)19-17(23)15-11-21(3)20-13(15)2/h4-6,11H,7-10H2,1-3H3,(H,19,23). The minimum absolute atomic E-state index is 0.0329. The first-order valence-corrected chi connectivity index (χ1v) is 8.25. The summed E-state index contributed by atoms with van der Waals surface area (Å²) in [5.74, 6) is -0.265. The number of carbonyl (C=O) groups is 2. The van der Waals surface area contributed by atoms with E-state index in [9.17, 15) is 9.59 Å². The molecule has 0 spiro atoms. The monoisotopic (exact) mass is 342 g/mol. The first kappa shape index (κ1) is 17.2. The Hall–Kier alpha value is -2.67. The summed E-state index contributed by atoms with van der Waals surface area (Å²) in [6, 6.07) is 5.37. The van der Waals surface area contributed by atoms with Crippen molar-refractivity contribution in [2.24, 2.45) is 7.05 Å². The maximum absolute atomic E-state index is 12.7. The SMILES string of the molecule is Cc1nn(C)cc1C(=O)Nc1cccc(C(=O)N2CCOCC2)c1C. The van der Waals surface area contributed by atoms with E-state index in [4.69, 9.17) is 4.74 Å². The Morgan fingerprint density at radius 1 is 1.16 bits per heavy atom. The third-order valence-corrected chi connectivity index (χ3v) is 4.37. The molecule has 1 aliphatic rings. The van der Waals surface area contributed by atoms with Gasteiger partial charge in [0.25, 0.3) is 11.8 Å². The molecule has 0 aliphatic carbocycles. The van der Waals surface area contributed by atoms with Gasteiger partial charge in [0, 0.05) is 37.6 Å². The van der Waals surface area contributed by atoms with Gasteiger partial charge in [-0.15, -0.1) is 0 Å². The number of aryl methyl sites for hydroxylation is 2. The predicted molar refractivity (Wildman–Crippen MR) is 93.8 cm³/mol. The van der Waals surface area contributed by atoms with Crippen molar-refractivity contribution in [1.29, 1.82) is 0 Å². The Balaban J connectivity index is 1.82. The highest BCUT2D eigenvalue weighted by molar-refractivity contribution is 6.06. The number of nitrogens with one attached hydrogen (secondary N) is 1. The molecule has 1 aromatic carbocycles. The first-order chi connectivity index (χ1) is 12.0. The van der Waals surface area contributed by atoms with Crippen LogP contribution in [0.25, 0.3) is 0 Å². The van der Waals surface area contributed by atoms with Gasteiger partial charge in [-0.1, -0.05) is 6.07 Å². The number of carbonyl (C=O) groups excluding carboxylic acids is 2. The van der Waals surface area contributed by atoms with Gasteiger partial charge >= 0.3 is 0 Å². The maximum Gasteiger partial charge on any atom is 0.259 e. The maximum atomic E-state index is 12.7. The minimum Gasteiger partial charge on any atom is -0.378 e. The summed E-state index contributed by atoms with van der Waals surface area (Å²) in [5.41, 5.74) is 3.17. The van der Waals surface area contributed by atoms with Crippen LogP contribution in [0.1, 0.15) is 32.0 Å². The lowest BCUT2D eigenvalue weighted by Crippen LogP contribution is -2.41. The van der Waals surface area contributed by atoms with Crippen molar-refractivity contribution in [3.05, 3.63) is 46.8 Å². The second-order valence-electron chi connectivity index (χ2n) is 6.14. The molecule has 0 bridgehead atoms. The summed E-state index contributed by atoms with van der Waals surface area (Å²) in [7, 11) is 1.77. The fourth-order valence-corrected chi connectivity index (χ4v) is 2.95. The van der Waals surface area contributed by atoms with Crippen molar-refractivity contribution in [3.8, 4) is 0 Å². The van der Waals surface area contributed by atoms with Crippen LogP contribution in [0.4, 0.5) is 5.69 Å². The second-order valence-corrected chi connectivity index (χ2v) is 6.14. The highest BCUT2D eigenvalue weighted by Crippen LogP contribution is 2.22. The molecule has 0 atom stereocenters. The van der Waals surface area contributed by atoms with E-state index in [1.54, 1.807) is 47.9 Å². The van der Waals surface area contributed by atoms with Crippen LogP contribution in [0.5, 0.6) is 0 Å². The quantitative estimate of drug-likeness (QED) is 0.922. The second kappa shape index (κ2) is 7.06. The Morgan fingerprint density at radius 2 is 1.88 bits per heavy atom. The Bertz CT molecular complexity index is 807. The largest absolute Gasteiger partial charge is 0.378 e. The third-order valence-electron chi connectivity index (χ3n) is 4.37. The molecule has 2 amide bonds. The Kier molecular flexibility index (Phi) is 4.85. The van der Waals surface area contributed by atoms with Gasteiger partial charge < -0.3 is 15.0 Å². The summed E-state index contributed by atoms with van der Waals surface area (Å²) in [4.78, 5) is 27.0. The number of amides is 2. The van der Waals surface area contributed by atoms with Crippen molar-refractivity contribution in [3.63, 3.8) is 0 Å². The lowest BCUT2D eigenvalue weighted by atomic mass is 10.0. The van der Waals surface area contributed by atoms with Crippen molar-refractivity contribution >= 4 is 17.5 Å². The van der Waals surface area contributed by atoms with Crippen LogP contribution in [-0.2, 0) is 11.8 Å². The number of aromatic nitrogens is 2. The molecule has 3 rings (SSSR count). The molecule has 1 N–H and O–H groups in total. The molecule has 0 radical (unpaired) electrons. The molecule has 7 heteroatoms. The minimum atomic E-state index is -0.232. The predicted octanol–water partition coefficient (Wildman–Crippen LogP) is 1.76. The van der Waals surface area contributed by atoms with Gasteiger partial charge in [0.15, 0.2) is 0 Å². The summed E-state index contributed by atoms with van der Waals surface area (Å²) >= 11 is 0. The number of rotatable bonds is 3. The third kappa shape index (κ3) is 3.56. The number of morpholine rings is 1. The molecule has 7 nitrogen and oxygen atoms in total. The van der Waals surface area contributed by atoms with Crippen LogP contribution >= 0.6 is 0 Å². The van der Waals surface area contributed by atoms with Gasteiger partial charge in [0.1, 0.15) is 0 Å².